The van der Waals surface area contributed by atoms with Gasteiger partial charge >= 0.3 is 0 Å². The second-order valence-electron chi connectivity index (χ2n) is 11.8. The number of benzene rings is 3. The predicted molar refractivity (Wildman–Crippen MR) is 188 cm³/mol. The fourth-order valence-corrected chi connectivity index (χ4v) is 7.72. The average molecular weight is 621 g/mol. The molecule has 0 bridgehead atoms. The summed E-state index contributed by atoms with van der Waals surface area (Å²) in [6, 6.07) is 21.5. The number of ether oxygens (including phenoxy) is 1. The molecule has 0 aliphatic rings. The third-order valence-corrected chi connectivity index (χ3v) is 10.6. The molecular weight excluding hydrogens is 564 g/mol. The fraction of sp³-hybridized carbons (Fsp3) is 0.526. The zero-order chi connectivity index (χ0) is 32.0. The highest BCUT2D eigenvalue weighted by Crippen LogP contribution is 2.41. The fourth-order valence-electron chi connectivity index (χ4n) is 5.88. The first-order chi connectivity index (χ1) is 21.3. The number of anilines is 2. The van der Waals surface area contributed by atoms with Crippen molar-refractivity contribution in [1.82, 2.24) is 0 Å². The molecule has 0 fully saturated rings. The molecule has 0 amide bonds. The molecule has 0 N–H and O–H groups in total. The molecule has 0 heterocycles. The lowest BCUT2D eigenvalue weighted by atomic mass is 10.0. The van der Waals surface area contributed by atoms with Gasteiger partial charge in [-0.1, -0.05) is 88.3 Å². The first kappa shape index (κ1) is 35.5. The SMILES string of the molecule is CCCCCCN(CCCCCC)c1ccc(C(c2ccc(N(CC)CC)cc2OCC)S(=O)(=O)c2ccc(C)cc2)cc1. The molecule has 0 saturated carbocycles. The third kappa shape index (κ3) is 9.50. The van der Waals surface area contributed by atoms with E-state index in [4.69, 9.17) is 4.74 Å². The van der Waals surface area contributed by atoms with E-state index in [9.17, 15) is 8.42 Å². The van der Waals surface area contributed by atoms with Crippen LogP contribution >= 0.6 is 0 Å². The first-order valence-corrected chi connectivity index (χ1v) is 18.5. The van der Waals surface area contributed by atoms with Crippen molar-refractivity contribution >= 4 is 21.2 Å². The summed E-state index contributed by atoms with van der Waals surface area (Å²) < 4.78 is 35.1. The highest BCUT2D eigenvalue weighted by molar-refractivity contribution is 7.92. The number of nitrogens with zero attached hydrogens (tertiary/aromatic N) is 2. The van der Waals surface area contributed by atoms with Gasteiger partial charge in [0.2, 0.25) is 0 Å². The van der Waals surface area contributed by atoms with Crippen LogP contribution in [0, 0.1) is 6.92 Å². The normalized spacial score (nSPS) is 12.2. The van der Waals surface area contributed by atoms with E-state index >= 15 is 0 Å². The minimum Gasteiger partial charge on any atom is -0.493 e. The molecule has 6 heteroatoms. The molecule has 242 valence electrons. The standard InChI is InChI=1S/C38H56N2O3S/c1-7-12-14-16-28-40(29-17-15-13-8-2)33-22-20-32(21-23-33)38(44(41,42)35-25-18-31(6)19-26-35)36-27-24-34(39(9-3)10-4)30-37(36)43-11-5/h18-27,30,38H,7-17,28-29H2,1-6H3. The van der Waals surface area contributed by atoms with Gasteiger partial charge in [-0.05, 0) is 76.4 Å². The van der Waals surface area contributed by atoms with Gasteiger partial charge in [0.15, 0.2) is 9.84 Å². The predicted octanol–water partition coefficient (Wildman–Crippen LogP) is 9.77. The van der Waals surface area contributed by atoms with E-state index in [-0.39, 0.29) is 0 Å². The zero-order valence-electron chi connectivity index (χ0n) is 28.1. The van der Waals surface area contributed by atoms with Gasteiger partial charge in [-0.3, -0.25) is 0 Å². The van der Waals surface area contributed by atoms with E-state index in [2.05, 4.69) is 49.6 Å². The highest BCUT2D eigenvalue weighted by Gasteiger charge is 2.33. The Kier molecular flexibility index (Phi) is 14.6. The minimum atomic E-state index is -3.79. The van der Waals surface area contributed by atoms with Crippen molar-refractivity contribution in [3.8, 4) is 5.75 Å². The summed E-state index contributed by atoms with van der Waals surface area (Å²) >= 11 is 0. The summed E-state index contributed by atoms with van der Waals surface area (Å²) in [5, 5.41) is -0.894. The van der Waals surface area contributed by atoms with Crippen LogP contribution in [0.4, 0.5) is 11.4 Å². The van der Waals surface area contributed by atoms with Gasteiger partial charge in [0, 0.05) is 49.2 Å². The lowest BCUT2D eigenvalue weighted by molar-refractivity contribution is 0.336. The maximum Gasteiger partial charge on any atom is 0.189 e. The molecule has 1 unspecified atom stereocenters. The van der Waals surface area contributed by atoms with Gasteiger partial charge in [-0.25, -0.2) is 8.42 Å². The Hall–Kier alpha value is -2.99. The minimum absolute atomic E-state index is 0.320. The van der Waals surface area contributed by atoms with Crippen LogP contribution in [0.25, 0.3) is 0 Å². The molecule has 0 radical (unpaired) electrons. The van der Waals surface area contributed by atoms with Crippen LogP contribution in [-0.2, 0) is 9.84 Å². The Labute approximate surface area is 268 Å². The smallest absolute Gasteiger partial charge is 0.189 e. The van der Waals surface area contributed by atoms with Crippen LogP contribution in [0.1, 0.15) is 108 Å². The Balaban J connectivity index is 2.08. The van der Waals surface area contributed by atoms with E-state index in [1.165, 1.54) is 51.4 Å². The summed E-state index contributed by atoms with van der Waals surface area (Å²) in [4.78, 5) is 5.06. The number of rotatable bonds is 20. The Morgan fingerprint density at radius 1 is 0.659 bits per heavy atom. The second kappa shape index (κ2) is 18.1. The van der Waals surface area contributed by atoms with Crippen LogP contribution in [0.3, 0.4) is 0 Å². The largest absolute Gasteiger partial charge is 0.493 e. The summed E-state index contributed by atoms with van der Waals surface area (Å²) in [5.74, 6) is 0.620. The summed E-state index contributed by atoms with van der Waals surface area (Å²) in [7, 11) is -3.79. The van der Waals surface area contributed by atoms with E-state index in [0.29, 0.717) is 22.8 Å². The van der Waals surface area contributed by atoms with Crippen LogP contribution in [-0.4, -0.2) is 41.2 Å². The summed E-state index contributed by atoms with van der Waals surface area (Å²) in [6.07, 6.45) is 9.78. The van der Waals surface area contributed by atoms with Crippen molar-refractivity contribution in [1.29, 1.82) is 0 Å². The second-order valence-corrected chi connectivity index (χ2v) is 13.8. The van der Waals surface area contributed by atoms with Gasteiger partial charge in [-0.2, -0.15) is 0 Å². The van der Waals surface area contributed by atoms with Crippen molar-refractivity contribution < 1.29 is 13.2 Å². The molecule has 3 aromatic carbocycles. The molecule has 0 aromatic heterocycles. The monoisotopic (exact) mass is 620 g/mol. The first-order valence-electron chi connectivity index (χ1n) is 17.0. The van der Waals surface area contributed by atoms with Crippen LogP contribution in [0.2, 0.25) is 0 Å². The molecule has 3 rings (SSSR count). The van der Waals surface area contributed by atoms with E-state index < -0.39 is 15.1 Å². The number of hydrogen-bond donors (Lipinski definition) is 0. The third-order valence-electron chi connectivity index (χ3n) is 8.49. The Bertz CT molecular complexity index is 1340. The molecule has 5 nitrogen and oxygen atoms in total. The van der Waals surface area contributed by atoms with Gasteiger partial charge in [-0.15, -0.1) is 0 Å². The molecule has 1 atom stereocenters. The average Bonchev–Trinajstić information content (AvgIpc) is 3.02. The van der Waals surface area contributed by atoms with Crippen molar-refractivity contribution in [2.24, 2.45) is 0 Å². The van der Waals surface area contributed by atoms with Gasteiger partial charge in [0.1, 0.15) is 11.0 Å². The molecule has 3 aromatic rings. The Morgan fingerprint density at radius 2 is 1.23 bits per heavy atom. The van der Waals surface area contributed by atoms with Crippen LogP contribution in [0.15, 0.2) is 71.6 Å². The molecule has 0 aliphatic carbocycles. The van der Waals surface area contributed by atoms with E-state index in [1.807, 2.05) is 56.3 Å². The summed E-state index contributed by atoms with van der Waals surface area (Å²) in [5.41, 5.74) is 4.65. The lowest BCUT2D eigenvalue weighted by Gasteiger charge is -2.27. The topological polar surface area (TPSA) is 49.9 Å². The summed E-state index contributed by atoms with van der Waals surface area (Å²) in [6.45, 7) is 16.9. The highest BCUT2D eigenvalue weighted by atomic mass is 32.2. The molecule has 0 aliphatic heterocycles. The van der Waals surface area contributed by atoms with Crippen molar-refractivity contribution in [2.45, 2.75) is 103 Å². The van der Waals surface area contributed by atoms with Gasteiger partial charge in [0.05, 0.1) is 11.5 Å². The maximum atomic E-state index is 14.5. The number of hydrogen-bond acceptors (Lipinski definition) is 5. The van der Waals surface area contributed by atoms with E-state index in [0.717, 1.165) is 48.7 Å². The number of aryl methyl sites for hydroxylation is 1. The van der Waals surface area contributed by atoms with Gasteiger partial charge < -0.3 is 14.5 Å². The van der Waals surface area contributed by atoms with Crippen molar-refractivity contribution in [2.75, 3.05) is 42.6 Å². The Morgan fingerprint density at radius 3 is 1.75 bits per heavy atom. The number of unbranched alkanes of at least 4 members (excludes halogenated alkanes) is 6. The maximum absolute atomic E-state index is 14.5. The van der Waals surface area contributed by atoms with Crippen molar-refractivity contribution in [3.63, 3.8) is 0 Å². The lowest BCUT2D eigenvalue weighted by Crippen LogP contribution is -2.26. The van der Waals surface area contributed by atoms with Crippen LogP contribution in [0.5, 0.6) is 5.75 Å². The quantitative estimate of drug-likeness (QED) is 0.118. The van der Waals surface area contributed by atoms with Crippen LogP contribution < -0.4 is 14.5 Å². The van der Waals surface area contributed by atoms with Gasteiger partial charge in [0.25, 0.3) is 0 Å². The van der Waals surface area contributed by atoms with E-state index in [1.54, 1.807) is 12.1 Å². The molecule has 0 spiro atoms. The molecular formula is C38H56N2O3S. The number of sulfone groups is 1. The van der Waals surface area contributed by atoms with Crippen molar-refractivity contribution in [3.05, 3.63) is 83.4 Å². The molecule has 0 saturated heterocycles. The molecule has 44 heavy (non-hydrogen) atoms. The zero-order valence-corrected chi connectivity index (χ0v) is 29.0.